The largest absolute Gasteiger partial charge is 0.460 e. The highest BCUT2D eigenvalue weighted by Crippen LogP contribution is 2.32. The lowest BCUT2D eigenvalue weighted by molar-refractivity contribution is 0.0441. The van der Waals surface area contributed by atoms with Crippen LogP contribution in [0.25, 0.3) is 0 Å². The molecule has 4 rings (SSSR count). The van der Waals surface area contributed by atoms with Gasteiger partial charge in [0.15, 0.2) is 0 Å². The van der Waals surface area contributed by atoms with Crippen LogP contribution in [0.3, 0.4) is 0 Å². The molecule has 1 aromatic heterocycles. The third kappa shape index (κ3) is 5.13. The monoisotopic (exact) mass is 497 g/mol. The molecular weight excluding hydrogens is 470 g/mol. The Kier molecular flexibility index (Phi) is 7.04. The van der Waals surface area contributed by atoms with Gasteiger partial charge in [-0.15, -0.1) is 0 Å². The van der Waals surface area contributed by atoms with Crippen LogP contribution in [0.1, 0.15) is 40.9 Å². The lowest BCUT2D eigenvalue weighted by Gasteiger charge is -2.23. The number of hydrogen-bond donors (Lipinski definition) is 1. The van der Waals surface area contributed by atoms with Gasteiger partial charge in [0.25, 0.3) is 5.56 Å². The molecule has 184 valence electrons. The molecule has 1 saturated heterocycles. The van der Waals surface area contributed by atoms with Crippen molar-refractivity contribution in [1.29, 1.82) is 0 Å². The zero-order valence-electron chi connectivity index (χ0n) is 19.5. The molecule has 0 amide bonds. The molecule has 0 aliphatic carbocycles. The van der Waals surface area contributed by atoms with E-state index in [1.165, 1.54) is 27.2 Å². The van der Waals surface area contributed by atoms with Crippen molar-refractivity contribution in [3.63, 3.8) is 0 Å². The van der Waals surface area contributed by atoms with Gasteiger partial charge in [-0.1, -0.05) is 42.8 Å². The summed E-state index contributed by atoms with van der Waals surface area (Å²) in [6.07, 6.45) is 2.15. The summed E-state index contributed by atoms with van der Waals surface area (Å²) in [4.78, 5) is 39.5. The van der Waals surface area contributed by atoms with E-state index in [0.717, 1.165) is 5.56 Å². The zero-order chi connectivity index (χ0) is 25.2. The quantitative estimate of drug-likeness (QED) is 0.500. The predicted octanol–water partition coefficient (Wildman–Crippen LogP) is 2.27. The van der Waals surface area contributed by atoms with Crippen molar-refractivity contribution in [2.45, 2.75) is 43.7 Å². The summed E-state index contributed by atoms with van der Waals surface area (Å²) in [5.74, 6) is -0.559. The van der Waals surface area contributed by atoms with E-state index in [4.69, 9.17) is 4.74 Å². The number of carbonyl (C=O) groups is 1. The van der Waals surface area contributed by atoms with Crippen LogP contribution < -0.4 is 11.2 Å². The topological polar surface area (TPSA) is 119 Å². The van der Waals surface area contributed by atoms with Gasteiger partial charge in [-0.3, -0.25) is 14.3 Å². The molecule has 1 N–H and O–H groups in total. The number of aromatic nitrogens is 2. The number of aromatic amines is 1. The van der Waals surface area contributed by atoms with E-state index in [0.29, 0.717) is 17.5 Å². The van der Waals surface area contributed by atoms with Crippen molar-refractivity contribution in [3.8, 4) is 0 Å². The minimum absolute atomic E-state index is 0.00112. The smallest absolute Gasteiger partial charge is 0.338 e. The van der Waals surface area contributed by atoms with Crippen molar-refractivity contribution < 1.29 is 17.9 Å². The van der Waals surface area contributed by atoms with E-state index in [2.05, 4.69) is 4.98 Å². The Bertz CT molecular complexity index is 1430. The molecular formula is C25H27N3O6S. The zero-order valence-corrected chi connectivity index (χ0v) is 20.3. The van der Waals surface area contributed by atoms with E-state index in [1.54, 1.807) is 49.4 Å². The number of rotatable bonds is 7. The molecule has 0 unspecified atom stereocenters. The number of nitrogens with zero attached hydrogens (tertiary/aromatic N) is 2. The standard InChI is InChI=1S/C25H27N3O6S/c1-3-18-14-27(25(31)26-23(18)29)20-13-21(16-34-24(30)19-7-5-4-6-8-19)28(15-20)35(32,33)22-11-9-17(2)10-12-22/h4-12,14,20-21H,3,13,15-16H2,1-2H3,(H,26,29,31)/t20-,21-/m0/s1. The first kappa shape index (κ1) is 24.6. The first-order valence-corrected chi connectivity index (χ1v) is 12.8. The van der Waals surface area contributed by atoms with E-state index < -0.39 is 39.3 Å². The molecule has 1 aliphatic rings. The molecule has 0 radical (unpaired) electrons. The second-order valence-corrected chi connectivity index (χ2v) is 10.5. The van der Waals surface area contributed by atoms with E-state index in [1.807, 2.05) is 6.92 Å². The second-order valence-electron chi connectivity index (χ2n) is 8.57. The van der Waals surface area contributed by atoms with Gasteiger partial charge in [0.05, 0.1) is 22.5 Å². The first-order valence-electron chi connectivity index (χ1n) is 11.4. The van der Waals surface area contributed by atoms with Crippen LogP contribution in [0.4, 0.5) is 0 Å². The molecule has 1 fully saturated rings. The van der Waals surface area contributed by atoms with Crippen molar-refractivity contribution in [3.05, 3.63) is 98.3 Å². The summed E-state index contributed by atoms with van der Waals surface area (Å²) in [7, 11) is -3.94. The third-order valence-electron chi connectivity index (χ3n) is 6.20. The van der Waals surface area contributed by atoms with Gasteiger partial charge >= 0.3 is 11.7 Å². The Balaban J connectivity index is 1.66. The molecule has 1 aliphatic heterocycles. The van der Waals surface area contributed by atoms with Gasteiger partial charge < -0.3 is 4.74 Å². The number of hydrogen-bond acceptors (Lipinski definition) is 6. The summed E-state index contributed by atoms with van der Waals surface area (Å²) < 4.78 is 35.2. The maximum absolute atomic E-state index is 13.6. The molecule has 2 aromatic carbocycles. The Labute approximate surface area is 203 Å². The van der Waals surface area contributed by atoms with Crippen molar-refractivity contribution in [1.82, 2.24) is 13.9 Å². The number of nitrogens with one attached hydrogen (secondary N) is 1. The van der Waals surface area contributed by atoms with Gasteiger partial charge in [-0.25, -0.2) is 18.0 Å². The summed E-state index contributed by atoms with van der Waals surface area (Å²) >= 11 is 0. The van der Waals surface area contributed by atoms with Crippen LogP contribution in [-0.4, -0.2) is 47.4 Å². The second kappa shape index (κ2) is 10.0. The molecule has 10 heteroatoms. The number of carbonyl (C=O) groups excluding carboxylic acids is 1. The summed E-state index contributed by atoms with van der Waals surface area (Å²) in [5.41, 5.74) is 0.649. The van der Waals surface area contributed by atoms with Crippen LogP contribution in [0.5, 0.6) is 0 Å². The van der Waals surface area contributed by atoms with Gasteiger partial charge in [-0.2, -0.15) is 4.31 Å². The molecule has 35 heavy (non-hydrogen) atoms. The maximum Gasteiger partial charge on any atom is 0.338 e. The summed E-state index contributed by atoms with van der Waals surface area (Å²) in [6.45, 7) is 3.49. The van der Waals surface area contributed by atoms with E-state index in [9.17, 15) is 22.8 Å². The van der Waals surface area contributed by atoms with E-state index in [-0.39, 0.29) is 24.5 Å². The summed E-state index contributed by atoms with van der Waals surface area (Å²) in [5, 5.41) is 0. The maximum atomic E-state index is 13.6. The van der Waals surface area contributed by atoms with Gasteiger partial charge in [0.2, 0.25) is 10.0 Å². The third-order valence-corrected chi connectivity index (χ3v) is 8.13. The van der Waals surface area contributed by atoms with Gasteiger partial charge in [0.1, 0.15) is 6.61 Å². The van der Waals surface area contributed by atoms with Crippen LogP contribution in [0, 0.1) is 6.92 Å². The molecule has 2 heterocycles. The normalized spacial score (nSPS) is 18.5. The fraction of sp³-hybridized carbons (Fsp3) is 0.320. The highest BCUT2D eigenvalue weighted by Gasteiger charge is 2.42. The minimum atomic E-state index is -3.94. The van der Waals surface area contributed by atoms with Crippen LogP contribution in [0.2, 0.25) is 0 Å². The number of benzene rings is 2. The molecule has 3 aromatic rings. The minimum Gasteiger partial charge on any atom is -0.460 e. The van der Waals surface area contributed by atoms with Gasteiger partial charge in [-0.05, 0) is 44.0 Å². The summed E-state index contributed by atoms with van der Waals surface area (Å²) in [6, 6.07) is 13.7. The number of H-pyrrole nitrogens is 1. The van der Waals surface area contributed by atoms with E-state index >= 15 is 0 Å². The van der Waals surface area contributed by atoms with Crippen LogP contribution in [0.15, 0.2) is 75.3 Å². The van der Waals surface area contributed by atoms with Crippen molar-refractivity contribution >= 4 is 16.0 Å². The first-order chi connectivity index (χ1) is 16.7. The highest BCUT2D eigenvalue weighted by molar-refractivity contribution is 7.89. The molecule has 2 atom stereocenters. The Morgan fingerprint density at radius 2 is 1.77 bits per heavy atom. The fourth-order valence-electron chi connectivity index (χ4n) is 4.24. The van der Waals surface area contributed by atoms with Crippen LogP contribution in [-0.2, 0) is 21.2 Å². The lowest BCUT2D eigenvalue weighted by atomic mass is 10.1. The average molecular weight is 498 g/mol. The lowest BCUT2D eigenvalue weighted by Crippen LogP contribution is -2.39. The average Bonchev–Trinajstić information content (AvgIpc) is 3.28. The number of aryl methyl sites for hydroxylation is 2. The molecule has 0 spiro atoms. The number of esters is 1. The van der Waals surface area contributed by atoms with Crippen LogP contribution >= 0.6 is 0 Å². The fourth-order valence-corrected chi connectivity index (χ4v) is 5.89. The SMILES string of the molecule is CCc1cn([C@H]2C[C@@H](COC(=O)c3ccccc3)N(S(=O)(=O)c3ccc(C)cc3)C2)c(=O)[nH]c1=O. The Morgan fingerprint density at radius 1 is 1.09 bits per heavy atom. The predicted molar refractivity (Wildman–Crippen MR) is 130 cm³/mol. The molecule has 0 bridgehead atoms. The van der Waals surface area contributed by atoms with Crippen molar-refractivity contribution in [2.24, 2.45) is 0 Å². The Hall–Kier alpha value is -3.50. The number of sulfonamides is 1. The molecule has 0 saturated carbocycles. The van der Waals surface area contributed by atoms with Crippen molar-refractivity contribution in [2.75, 3.05) is 13.2 Å². The van der Waals surface area contributed by atoms with Gasteiger partial charge in [0, 0.05) is 18.3 Å². The molecule has 9 nitrogen and oxygen atoms in total. The Morgan fingerprint density at radius 3 is 2.43 bits per heavy atom. The highest BCUT2D eigenvalue weighted by atomic mass is 32.2. The number of ether oxygens (including phenoxy) is 1.